The van der Waals surface area contributed by atoms with Crippen molar-refractivity contribution < 1.29 is 9.47 Å². The molecule has 0 unspecified atom stereocenters. The Morgan fingerprint density at radius 3 is 3.05 bits per heavy atom. The summed E-state index contributed by atoms with van der Waals surface area (Å²) < 4.78 is 11.1. The molecule has 0 spiro atoms. The maximum absolute atomic E-state index is 5.63. The predicted molar refractivity (Wildman–Crippen MR) is 71.4 cm³/mol. The fourth-order valence-corrected chi connectivity index (χ4v) is 2.95. The molecule has 0 saturated carbocycles. The minimum atomic E-state index is 0.581. The fraction of sp³-hybridized carbons (Fsp3) is 0.714. The van der Waals surface area contributed by atoms with Crippen LogP contribution >= 0.6 is 0 Å². The molecule has 104 valence electrons. The van der Waals surface area contributed by atoms with E-state index in [-0.39, 0.29) is 0 Å². The minimum absolute atomic E-state index is 0.581. The van der Waals surface area contributed by atoms with Crippen molar-refractivity contribution in [2.24, 2.45) is 0 Å². The van der Waals surface area contributed by atoms with Gasteiger partial charge < -0.3 is 9.47 Å². The first-order valence-electron chi connectivity index (χ1n) is 7.16. The van der Waals surface area contributed by atoms with E-state index in [2.05, 4.69) is 14.9 Å². The van der Waals surface area contributed by atoms with Gasteiger partial charge in [0.15, 0.2) is 0 Å². The molecular formula is C14H21N3O2. The molecule has 1 aromatic heterocycles. The molecule has 2 aliphatic heterocycles. The van der Waals surface area contributed by atoms with Gasteiger partial charge in [-0.3, -0.25) is 4.90 Å². The molecule has 1 atom stereocenters. The van der Waals surface area contributed by atoms with Crippen molar-refractivity contribution in [1.29, 1.82) is 0 Å². The first-order valence-corrected chi connectivity index (χ1v) is 7.16. The van der Waals surface area contributed by atoms with Gasteiger partial charge in [0, 0.05) is 37.7 Å². The molecular weight excluding hydrogens is 242 g/mol. The topological polar surface area (TPSA) is 47.5 Å². The highest BCUT2D eigenvalue weighted by molar-refractivity contribution is 5.31. The number of fused-ring (bicyclic) bond motifs is 1. The second kappa shape index (κ2) is 5.84. The second-order valence-corrected chi connectivity index (χ2v) is 5.09. The Kier molecular flexibility index (Phi) is 3.94. The Balaban J connectivity index is 1.75. The summed E-state index contributed by atoms with van der Waals surface area (Å²) in [4.78, 5) is 11.2. The zero-order valence-electron chi connectivity index (χ0n) is 11.5. The van der Waals surface area contributed by atoms with E-state index in [9.17, 15) is 0 Å². The minimum Gasteiger partial charge on any atom is -0.478 e. The van der Waals surface area contributed by atoms with Gasteiger partial charge in [0.05, 0.1) is 18.9 Å². The van der Waals surface area contributed by atoms with E-state index in [0.29, 0.717) is 12.6 Å². The van der Waals surface area contributed by atoms with Crippen molar-refractivity contribution in [3.63, 3.8) is 0 Å². The normalized spacial score (nSPS) is 23.9. The van der Waals surface area contributed by atoms with E-state index in [1.54, 1.807) is 6.33 Å². The highest BCUT2D eigenvalue weighted by Crippen LogP contribution is 2.24. The lowest BCUT2D eigenvalue weighted by atomic mass is 10.1. The lowest BCUT2D eigenvalue weighted by Crippen LogP contribution is -2.37. The molecule has 0 radical (unpaired) electrons. The molecule has 1 fully saturated rings. The van der Waals surface area contributed by atoms with Crippen LogP contribution in [0.25, 0.3) is 0 Å². The largest absolute Gasteiger partial charge is 0.478 e. The summed E-state index contributed by atoms with van der Waals surface area (Å²) >= 11 is 0. The number of hydrogen-bond donors (Lipinski definition) is 0. The number of nitrogens with zero attached hydrogens (tertiary/aromatic N) is 3. The molecule has 0 bridgehead atoms. The van der Waals surface area contributed by atoms with E-state index < -0.39 is 0 Å². The van der Waals surface area contributed by atoms with Crippen LogP contribution in [-0.2, 0) is 17.6 Å². The first-order chi connectivity index (χ1) is 9.38. The molecule has 19 heavy (non-hydrogen) atoms. The van der Waals surface area contributed by atoms with Crippen molar-refractivity contribution in [1.82, 2.24) is 14.9 Å². The van der Waals surface area contributed by atoms with E-state index in [1.165, 1.54) is 5.56 Å². The summed E-state index contributed by atoms with van der Waals surface area (Å²) in [6.07, 6.45) is 4.73. The van der Waals surface area contributed by atoms with E-state index in [4.69, 9.17) is 9.47 Å². The zero-order chi connectivity index (χ0) is 13.1. The number of aromatic nitrogens is 2. The van der Waals surface area contributed by atoms with Crippen LogP contribution in [0.2, 0.25) is 0 Å². The Hall–Kier alpha value is -1.20. The summed E-state index contributed by atoms with van der Waals surface area (Å²) in [5.41, 5.74) is 2.35. The molecule has 1 saturated heterocycles. The monoisotopic (exact) mass is 263 g/mol. The van der Waals surface area contributed by atoms with E-state index in [1.807, 2.05) is 6.92 Å². The Labute approximate surface area is 113 Å². The van der Waals surface area contributed by atoms with Crippen LogP contribution in [0.5, 0.6) is 5.88 Å². The molecule has 0 aliphatic carbocycles. The predicted octanol–water partition coefficient (Wildman–Crippen LogP) is 1.06. The third kappa shape index (κ3) is 2.72. The Morgan fingerprint density at radius 1 is 1.37 bits per heavy atom. The van der Waals surface area contributed by atoms with Crippen LogP contribution in [-0.4, -0.2) is 53.8 Å². The summed E-state index contributed by atoms with van der Waals surface area (Å²) in [5, 5.41) is 0. The van der Waals surface area contributed by atoms with Gasteiger partial charge >= 0.3 is 0 Å². The Bertz CT molecular complexity index is 433. The van der Waals surface area contributed by atoms with E-state index >= 15 is 0 Å². The van der Waals surface area contributed by atoms with Gasteiger partial charge in [-0.1, -0.05) is 0 Å². The summed E-state index contributed by atoms with van der Waals surface area (Å²) in [7, 11) is 0. The summed E-state index contributed by atoms with van der Waals surface area (Å²) in [6, 6.07) is 0.581. The van der Waals surface area contributed by atoms with Gasteiger partial charge in [0.2, 0.25) is 5.88 Å². The van der Waals surface area contributed by atoms with E-state index in [0.717, 1.165) is 57.1 Å². The van der Waals surface area contributed by atoms with Gasteiger partial charge in [0.1, 0.15) is 6.33 Å². The molecule has 5 nitrogen and oxygen atoms in total. The number of rotatable bonds is 3. The van der Waals surface area contributed by atoms with Gasteiger partial charge in [-0.25, -0.2) is 9.97 Å². The lowest BCUT2D eigenvalue weighted by Gasteiger charge is -2.25. The maximum Gasteiger partial charge on any atom is 0.219 e. The van der Waals surface area contributed by atoms with Crippen LogP contribution in [0.4, 0.5) is 0 Å². The SMILES string of the molecule is CCOc1ncnc2c1CCN([C@@H]1CCOC1)CC2. The van der Waals surface area contributed by atoms with Gasteiger partial charge in [0.25, 0.3) is 0 Å². The number of hydrogen-bond acceptors (Lipinski definition) is 5. The lowest BCUT2D eigenvalue weighted by molar-refractivity contribution is 0.146. The highest BCUT2D eigenvalue weighted by Gasteiger charge is 2.26. The average Bonchev–Trinajstić information content (AvgIpc) is 2.86. The fourth-order valence-electron chi connectivity index (χ4n) is 2.95. The molecule has 2 aliphatic rings. The zero-order valence-corrected chi connectivity index (χ0v) is 11.5. The van der Waals surface area contributed by atoms with Crippen molar-refractivity contribution in [2.45, 2.75) is 32.2 Å². The van der Waals surface area contributed by atoms with Crippen molar-refractivity contribution in [2.75, 3.05) is 32.9 Å². The third-order valence-corrected chi connectivity index (χ3v) is 3.98. The molecule has 0 aromatic carbocycles. The van der Waals surface area contributed by atoms with Gasteiger partial charge in [-0.05, 0) is 19.8 Å². The average molecular weight is 263 g/mol. The molecule has 1 aromatic rings. The second-order valence-electron chi connectivity index (χ2n) is 5.09. The molecule has 5 heteroatoms. The summed E-state index contributed by atoms with van der Waals surface area (Å²) in [5.74, 6) is 0.775. The van der Waals surface area contributed by atoms with Crippen molar-refractivity contribution >= 4 is 0 Å². The van der Waals surface area contributed by atoms with Crippen LogP contribution in [0.15, 0.2) is 6.33 Å². The number of ether oxygens (including phenoxy) is 2. The van der Waals surface area contributed by atoms with Crippen molar-refractivity contribution in [3.8, 4) is 5.88 Å². The molecule has 0 amide bonds. The smallest absolute Gasteiger partial charge is 0.219 e. The summed E-state index contributed by atoms with van der Waals surface area (Å²) in [6.45, 7) is 6.54. The standard InChI is InChI=1S/C14H21N3O2/c1-2-19-14-12-3-6-17(11-5-8-18-9-11)7-4-13(12)15-10-16-14/h10-11H,2-9H2,1H3/t11-/m1/s1. The quantitative estimate of drug-likeness (QED) is 0.816. The van der Waals surface area contributed by atoms with Gasteiger partial charge in [-0.2, -0.15) is 0 Å². The maximum atomic E-state index is 5.63. The van der Waals surface area contributed by atoms with Crippen LogP contribution in [0.3, 0.4) is 0 Å². The van der Waals surface area contributed by atoms with Crippen molar-refractivity contribution in [3.05, 3.63) is 17.6 Å². The molecule has 3 heterocycles. The van der Waals surface area contributed by atoms with Crippen LogP contribution in [0.1, 0.15) is 24.6 Å². The van der Waals surface area contributed by atoms with Crippen LogP contribution in [0, 0.1) is 0 Å². The Morgan fingerprint density at radius 2 is 2.26 bits per heavy atom. The molecule has 3 rings (SSSR count). The van der Waals surface area contributed by atoms with Crippen LogP contribution < -0.4 is 4.74 Å². The molecule has 0 N–H and O–H groups in total. The third-order valence-electron chi connectivity index (χ3n) is 3.98. The highest BCUT2D eigenvalue weighted by atomic mass is 16.5. The first kappa shape index (κ1) is 12.8. The van der Waals surface area contributed by atoms with Gasteiger partial charge in [-0.15, -0.1) is 0 Å².